The second-order valence-corrected chi connectivity index (χ2v) is 9.94. The van der Waals surface area contributed by atoms with Crippen molar-refractivity contribution in [2.75, 3.05) is 5.32 Å². The van der Waals surface area contributed by atoms with Crippen LogP contribution in [0.4, 0.5) is 5.69 Å². The number of ether oxygens (including phenoxy) is 1. The molecule has 3 aromatic rings. The molecule has 4 rings (SSSR count). The lowest BCUT2D eigenvalue weighted by Gasteiger charge is -2.20. The number of amidine groups is 1. The molecule has 0 fully saturated rings. The van der Waals surface area contributed by atoms with Gasteiger partial charge in [-0.25, -0.2) is 13.2 Å². The van der Waals surface area contributed by atoms with Crippen LogP contribution in [-0.4, -0.2) is 32.2 Å². The number of sulfonamides is 1. The molecule has 35 heavy (non-hydrogen) atoms. The molecular formula is C26H25N3O5S. The number of fused-ring (bicyclic) bond motifs is 1. The highest BCUT2D eigenvalue weighted by molar-refractivity contribution is 7.90. The molecule has 1 amide bonds. The van der Waals surface area contributed by atoms with Crippen molar-refractivity contribution >= 4 is 33.4 Å². The van der Waals surface area contributed by atoms with E-state index in [9.17, 15) is 18.0 Å². The van der Waals surface area contributed by atoms with Crippen molar-refractivity contribution in [1.82, 2.24) is 4.72 Å². The van der Waals surface area contributed by atoms with Crippen molar-refractivity contribution in [1.29, 1.82) is 0 Å². The Balaban J connectivity index is 1.58. The van der Waals surface area contributed by atoms with Gasteiger partial charge in [-0.15, -0.1) is 0 Å². The fourth-order valence-corrected chi connectivity index (χ4v) is 4.90. The third-order valence-corrected chi connectivity index (χ3v) is 6.95. The van der Waals surface area contributed by atoms with E-state index in [1.807, 2.05) is 32.0 Å². The van der Waals surface area contributed by atoms with Crippen LogP contribution in [0, 0.1) is 13.8 Å². The minimum atomic E-state index is -3.74. The summed E-state index contributed by atoms with van der Waals surface area (Å²) in [5, 5.41) is 2.85. The van der Waals surface area contributed by atoms with Gasteiger partial charge in [0.25, 0.3) is 15.9 Å². The molecule has 0 radical (unpaired) electrons. The van der Waals surface area contributed by atoms with Gasteiger partial charge in [-0.2, -0.15) is 0 Å². The van der Waals surface area contributed by atoms with Crippen LogP contribution in [0.3, 0.4) is 0 Å². The highest BCUT2D eigenvalue weighted by atomic mass is 32.2. The van der Waals surface area contributed by atoms with E-state index in [2.05, 4.69) is 15.0 Å². The number of aryl methyl sites for hydroxylation is 2. The number of hydrogen-bond acceptors (Lipinski definition) is 6. The molecule has 0 aromatic heterocycles. The fraction of sp³-hybridized carbons (Fsp3) is 0.192. The van der Waals surface area contributed by atoms with Gasteiger partial charge in [-0.1, -0.05) is 54.6 Å². The predicted octanol–water partition coefficient (Wildman–Crippen LogP) is 3.65. The third-order valence-electron chi connectivity index (χ3n) is 5.55. The quantitative estimate of drug-likeness (QED) is 0.511. The largest absolute Gasteiger partial charge is 0.446 e. The van der Waals surface area contributed by atoms with E-state index in [1.54, 1.807) is 48.5 Å². The van der Waals surface area contributed by atoms with Gasteiger partial charge in [0.15, 0.2) is 0 Å². The topological polar surface area (TPSA) is 114 Å². The van der Waals surface area contributed by atoms with Crippen LogP contribution in [0.1, 0.15) is 35.3 Å². The van der Waals surface area contributed by atoms with Gasteiger partial charge in [-0.3, -0.25) is 14.5 Å². The number of hydrogen-bond donors (Lipinski definition) is 2. The number of anilines is 1. The first kappa shape index (κ1) is 24.2. The van der Waals surface area contributed by atoms with Crippen LogP contribution in [-0.2, 0) is 24.3 Å². The van der Waals surface area contributed by atoms with Gasteiger partial charge < -0.3 is 10.1 Å². The van der Waals surface area contributed by atoms with E-state index in [0.717, 1.165) is 11.1 Å². The van der Waals surface area contributed by atoms with Crippen LogP contribution < -0.4 is 10.0 Å². The summed E-state index contributed by atoms with van der Waals surface area (Å²) < 4.78 is 32.6. The van der Waals surface area contributed by atoms with E-state index in [-0.39, 0.29) is 10.7 Å². The minimum Gasteiger partial charge on any atom is -0.446 e. The number of carbonyl (C=O) groups excluding carboxylic acids is 2. The number of carbonyl (C=O) groups is 2. The number of benzene rings is 3. The second-order valence-electron chi connectivity index (χ2n) is 8.29. The molecule has 8 nitrogen and oxygen atoms in total. The van der Waals surface area contributed by atoms with Crippen LogP contribution in [0.25, 0.3) is 0 Å². The molecular weight excluding hydrogens is 466 g/mol. The summed E-state index contributed by atoms with van der Waals surface area (Å²) in [6.07, 6.45) is -1.22. The van der Waals surface area contributed by atoms with E-state index >= 15 is 0 Å². The Kier molecular flexibility index (Phi) is 6.70. The fourth-order valence-electron chi connectivity index (χ4n) is 3.66. The average molecular weight is 492 g/mol. The molecule has 1 aliphatic rings. The van der Waals surface area contributed by atoms with Gasteiger partial charge in [0, 0.05) is 16.8 Å². The molecule has 0 aliphatic carbocycles. The van der Waals surface area contributed by atoms with Crippen LogP contribution in [0.2, 0.25) is 0 Å². The molecule has 0 saturated carbocycles. The van der Waals surface area contributed by atoms with E-state index in [4.69, 9.17) is 4.74 Å². The molecule has 2 unspecified atom stereocenters. The Bertz CT molecular complexity index is 1420. The number of nitrogens with one attached hydrogen (secondary N) is 2. The molecule has 2 atom stereocenters. The normalized spacial score (nSPS) is 16.6. The van der Waals surface area contributed by atoms with E-state index in [1.165, 1.54) is 13.0 Å². The van der Waals surface area contributed by atoms with Crippen molar-refractivity contribution in [3.63, 3.8) is 0 Å². The number of nitrogens with zero attached hydrogens (tertiary/aromatic N) is 1. The van der Waals surface area contributed by atoms with Crippen molar-refractivity contribution < 1.29 is 22.7 Å². The Morgan fingerprint density at radius 1 is 0.971 bits per heavy atom. The first-order valence-corrected chi connectivity index (χ1v) is 12.5. The highest BCUT2D eigenvalue weighted by Gasteiger charge is 2.32. The molecule has 0 spiro atoms. The molecule has 1 aliphatic heterocycles. The zero-order valence-corrected chi connectivity index (χ0v) is 20.3. The maximum absolute atomic E-state index is 13.2. The lowest BCUT2D eigenvalue weighted by Crippen LogP contribution is -2.31. The summed E-state index contributed by atoms with van der Waals surface area (Å²) in [6.45, 7) is 5.27. The van der Waals surface area contributed by atoms with Gasteiger partial charge >= 0.3 is 5.97 Å². The summed E-state index contributed by atoms with van der Waals surface area (Å²) in [5.41, 5.74) is 3.34. The number of rotatable bonds is 6. The maximum Gasteiger partial charge on any atom is 0.331 e. The summed E-state index contributed by atoms with van der Waals surface area (Å²) in [5.74, 6) is -1.22. The van der Waals surface area contributed by atoms with Gasteiger partial charge in [0.1, 0.15) is 11.9 Å². The first-order chi connectivity index (χ1) is 16.7. The summed E-state index contributed by atoms with van der Waals surface area (Å²) in [4.78, 5) is 30.5. The van der Waals surface area contributed by atoms with E-state index in [0.29, 0.717) is 16.8 Å². The SMILES string of the molecule is Cc1ccc(C)c(NC(=O)C(OC(=O)C(C)N=C2NS(=O)(=O)c3ccccc32)c2ccccc2)c1. The summed E-state index contributed by atoms with van der Waals surface area (Å²) in [7, 11) is -3.74. The zero-order valence-electron chi connectivity index (χ0n) is 19.5. The molecule has 1 heterocycles. The van der Waals surface area contributed by atoms with Gasteiger partial charge in [0.2, 0.25) is 6.10 Å². The van der Waals surface area contributed by atoms with Crippen molar-refractivity contribution in [2.45, 2.75) is 37.8 Å². The summed E-state index contributed by atoms with van der Waals surface area (Å²) in [6, 6.07) is 19.6. The first-order valence-electron chi connectivity index (χ1n) is 11.0. The Morgan fingerprint density at radius 3 is 2.40 bits per heavy atom. The highest BCUT2D eigenvalue weighted by Crippen LogP contribution is 2.25. The lowest BCUT2D eigenvalue weighted by molar-refractivity contribution is -0.155. The number of amides is 1. The third kappa shape index (κ3) is 5.25. The predicted molar refractivity (Wildman–Crippen MR) is 133 cm³/mol. The Morgan fingerprint density at radius 2 is 1.66 bits per heavy atom. The number of esters is 1. The van der Waals surface area contributed by atoms with Crippen LogP contribution in [0.5, 0.6) is 0 Å². The van der Waals surface area contributed by atoms with Crippen molar-refractivity contribution in [3.8, 4) is 0 Å². The zero-order chi connectivity index (χ0) is 25.2. The maximum atomic E-state index is 13.2. The van der Waals surface area contributed by atoms with Crippen LogP contribution in [0.15, 0.2) is 82.7 Å². The van der Waals surface area contributed by atoms with Gasteiger partial charge in [0.05, 0.1) is 4.90 Å². The molecule has 9 heteroatoms. The molecule has 2 N–H and O–H groups in total. The molecule has 0 saturated heterocycles. The molecule has 3 aromatic carbocycles. The lowest BCUT2D eigenvalue weighted by atomic mass is 10.1. The second kappa shape index (κ2) is 9.71. The smallest absolute Gasteiger partial charge is 0.331 e. The van der Waals surface area contributed by atoms with Gasteiger partial charge in [-0.05, 0) is 50.1 Å². The summed E-state index contributed by atoms with van der Waals surface area (Å²) >= 11 is 0. The standard InChI is InChI=1S/C26H25N3O5S/c1-16-13-14-17(2)21(15-16)28-25(30)23(19-9-5-4-6-10-19)34-26(31)18(3)27-24-20-11-7-8-12-22(20)35(32,33)29-24/h4-15,18,23H,1-3H3,(H,27,29)(H,28,30). The Labute approximate surface area is 204 Å². The Hall–Kier alpha value is -3.98. The minimum absolute atomic E-state index is 0.0566. The monoisotopic (exact) mass is 491 g/mol. The van der Waals surface area contributed by atoms with E-state index < -0.39 is 34.0 Å². The number of aliphatic imine (C=N–C) groups is 1. The average Bonchev–Trinajstić information content (AvgIpc) is 3.10. The van der Waals surface area contributed by atoms with Crippen molar-refractivity contribution in [3.05, 3.63) is 95.1 Å². The van der Waals surface area contributed by atoms with Crippen molar-refractivity contribution in [2.24, 2.45) is 4.99 Å². The molecule has 0 bridgehead atoms. The molecule has 180 valence electrons. The van der Waals surface area contributed by atoms with Crippen LogP contribution >= 0.6 is 0 Å².